The molecular weight excluding hydrogens is 300 g/mol. The molecule has 19 heavy (non-hydrogen) atoms. The largest absolute Gasteiger partial charge is 0.384 e. The molecule has 0 spiro atoms. The van der Waals surface area contributed by atoms with Gasteiger partial charge in [-0.05, 0) is 49.9 Å². The highest BCUT2D eigenvalue weighted by Crippen LogP contribution is 2.35. The summed E-state index contributed by atoms with van der Waals surface area (Å²) >= 11 is 3.52. The highest BCUT2D eigenvalue weighted by atomic mass is 79.9. The Morgan fingerprint density at radius 3 is 3.00 bits per heavy atom. The summed E-state index contributed by atoms with van der Waals surface area (Å²) in [5.74, 6) is 1.000. The number of nitrogens with zero attached hydrogens (tertiary/aromatic N) is 1. The maximum atomic E-state index is 3.54. The minimum Gasteiger partial charge on any atom is -0.384 e. The fourth-order valence-corrected chi connectivity index (χ4v) is 4.12. The third-order valence-electron chi connectivity index (χ3n) is 4.68. The molecule has 3 heteroatoms. The van der Waals surface area contributed by atoms with Crippen LogP contribution < -0.4 is 5.32 Å². The second-order valence-corrected chi connectivity index (χ2v) is 6.79. The molecule has 1 saturated heterocycles. The van der Waals surface area contributed by atoms with Gasteiger partial charge in [-0.15, -0.1) is 0 Å². The zero-order valence-electron chi connectivity index (χ0n) is 11.4. The number of nitrogens with one attached hydrogen (secondary N) is 1. The van der Waals surface area contributed by atoms with Crippen LogP contribution in [-0.2, 0) is 0 Å². The fraction of sp³-hybridized carbons (Fsp3) is 0.625. The van der Waals surface area contributed by atoms with Crippen molar-refractivity contribution in [2.75, 3.05) is 25.0 Å². The van der Waals surface area contributed by atoms with Gasteiger partial charge in [0.15, 0.2) is 0 Å². The summed E-state index contributed by atoms with van der Waals surface area (Å²) in [6.07, 6.45) is 7.24. The molecule has 0 radical (unpaired) electrons. The molecule has 1 aromatic carbocycles. The van der Waals surface area contributed by atoms with Gasteiger partial charge in [-0.25, -0.2) is 0 Å². The first-order valence-electron chi connectivity index (χ1n) is 7.56. The lowest BCUT2D eigenvalue weighted by atomic mass is 9.85. The fourth-order valence-electron chi connectivity index (χ4n) is 3.72. The molecular formula is C16H23BrN2. The van der Waals surface area contributed by atoms with Crippen molar-refractivity contribution in [1.29, 1.82) is 0 Å². The van der Waals surface area contributed by atoms with Crippen molar-refractivity contribution in [2.45, 2.75) is 38.1 Å². The second-order valence-electron chi connectivity index (χ2n) is 5.87. The van der Waals surface area contributed by atoms with E-state index in [1.807, 2.05) is 0 Å². The minimum absolute atomic E-state index is 0.887. The molecule has 1 aliphatic carbocycles. The van der Waals surface area contributed by atoms with E-state index < -0.39 is 0 Å². The lowest BCUT2D eigenvalue weighted by Gasteiger charge is -2.31. The molecule has 2 atom stereocenters. The van der Waals surface area contributed by atoms with Gasteiger partial charge in [-0.2, -0.15) is 0 Å². The molecule has 0 amide bonds. The van der Waals surface area contributed by atoms with Crippen LogP contribution in [0.3, 0.4) is 0 Å². The van der Waals surface area contributed by atoms with Crippen LogP contribution in [0.1, 0.15) is 32.1 Å². The molecule has 2 nitrogen and oxygen atoms in total. The van der Waals surface area contributed by atoms with E-state index in [1.54, 1.807) is 0 Å². The lowest BCUT2D eigenvalue weighted by Crippen LogP contribution is -2.37. The number of hydrogen-bond acceptors (Lipinski definition) is 2. The quantitative estimate of drug-likeness (QED) is 0.896. The van der Waals surface area contributed by atoms with Gasteiger partial charge in [0.25, 0.3) is 0 Å². The summed E-state index contributed by atoms with van der Waals surface area (Å²) in [4.78, 5) is 2.72. The summed E-state index contributed by atoms with van der Waals surface area (Å²) in [6.45, 7) is 3.56. The van der Waals surface area contributed by atoms with E-state index in [2.05, 4.69) is 50.4 Å². The van der Waals surface area contributed by atoms with E-state index in [4.69, 9.17) is 0 Å². The zero-order valence-corrected chi connectivity index (χ0v) is 13.0. The summed E-state index contributed by atoms with van der Waals surface area (Å²) in [5, 5.41) is 3.54. The Balaban J connectivity index is 1.47. The van der Waals surface area contributed by atoms with Gasteiger partial charge >= 0.3 is 0 Å². The van der Waals surface area contributed by atoms with Crippen LogP contribution in [0.15, 0.2) is 28.7 Å². The Kier molecular flexibility index (Phi) is 4.44. The highest BCUT2D eigenvalue weighted by molar-refractivity contribution is 9.10. The lowest BCUT2D eigenvalue weighted by molar-refractivity contribution is 0.188. The average Bonchev–Trinajstić information content (AvgIpc) is 2.83. The van der Waals surface area contributed by atoms with Gasteiger partial charge < -0.3 is 5.32 Å². The Bertz CT molecular complexity index is 421. The van der Waals surface area contributed by atoms with Gasteiger partial charge in [0.1, 0.15) is 0 Å². The third kappa shape index (κ3) is 3.32. The summed E-state index contributed by atoms with van der Waals surface area (Å²) < 4.78 is 1.14. The smallest absolute Gasteiger partial charge is 0.0351 e. The van der Waals surface area contributed by atoms with Crippen LogP contribution in [0.5, 0.6) is 0 Å². The van der Waals surface area contributed by atoms with Crippen LogP contribution in [0.2, 0.25) is 0 Å². The summed E-state index contributed by atoms with van der Waals surface area (Å²) in [5.41, 5.74) is 1.22. The number of fused-ring (bicyclic) bond motifs is 1. The van der Waals surface area contributed by atoms with E-state index in [0.717, 1.165) is 23.0 Å². The van der Waals surface area contributed by atoms with Gasteiger partial charge in [-0.3, -0.25) is 4.90 Å². The van der Waals surface area contributed by atoms with E-state index in [0.29, 0.717) is 0 Å². The molecule has 3 rings (SSSR count). The van der Waals surface area contributed by atoms with E-state index in [9.17, 15) is 0 Å². The van der Waals surface area contributed by atoms with Crippen molar-refractivity contribution in [3.63, 3.8) is 0 Å². The number of anilines is 1. The molecule has 2 aliphatic rings. The Hall–Kier alpha value is -0.540. The van der Waals surface area contributed by atoms with Gasteiger partial charge in [0, 0.05) is 29.3 Å². The first kappa shape index (κ1) is 13.4. The topological polar surface area (TPSA) is 15.3 Å². The number of likely N-dealkylation sites (tertiary alicyclic amines) is 1. The van der Waals surface area contributed by atoms with Crippen molar-refractivity contribution in [3.8, 4) is 0 Å². The molecule has 2 unspecified atom stereocenters. The molecule has 0 bridgehead atoms. The van der Waals surface area contributed by atoms with Gasteiger partial charge in [0.05, 0.1) is 0 Å². The van der Waals surface area contributed by atoms with Crippen LogP contribution >= 0.6 is 15.9 Å². The number of hydrogen-bond donors (Lipinski definition) is 1. The number of rotatable bonds is 4. The van der Waals surface area contributed by atoms with Crippen molar-refractivity contribution < 1.29 is 0 Å². The molecule has 1 saturated carbocycles. The Morgan fingerprint density at radius 1 is 1.21 bits per heavy atom. The normalized spacial score (nSPS) is 27.2. The molecule has 0 aromatic heterocycles. The minimum atomic E-state index is 0.887. The summed E-state index contributed by atoms with van der Waals surface area (Å²) in [7, 11) is 0. The second kappa shape index (κ2) is 6.27. The van der Waals surface area contributed by atoms with Crippen molar-refractivity contribution in [3.05, 3.63) is 28.7 Å². The standard InChI is InChI=1S/C16H23BrN2/c17-14-5-3-6-15(12-14)18-9-11-19-10-8-13-4-1-2-7-16(13)19/h3,5-6,12-13,16,18H,1-2,4,7-11H2. The highest BCUT2D eigenvalue weighted by Gasteiger charge is 2.34. The molecule has 104 valence electrons. The van der Waals surface area contributed by atoms with Crippen molar-refractivity contribution >= 4 is 21.6 Å². The van der Waals surface area contributed by atoms with Crippen molar-refractivity contribution in [1.82, 2.24) is 4.90 Å². The van der Waals surface area contributed by atoms with Crippen LogP contribution in [-0.4, -0.2) is 30.6 Å². The van der Waals surface area contributed by atoms with E-state index in [1.165, 1.54) is 50.9 Å². The van der Waals surface area contributed by atoms with Crippen LogP contribution in [0.4, 0.5) is 5.69 Å². The predicted molar refractivity (Wildman–Crippen MR) is 84.6 cm³/mol. The van der Waals surface area contributed by atoms with Crippen LogP contribution in [0.25, 0.3) is 0 Å². The van der Waals surface area contributed by atoms with E-state index >= 15 is 0 Å². The monoisotopic (exact) mass is 322 g/mol. The Labute approximate surface area is 124 Å². The third-order valence-corrected chi connectivity index (χ3v) is 5.17. The zero-order chi connectivity index (χ0) is 13.1. The first-order valence-corrected chi connectivity index (χ1v) is 8.36. The predicted octanol–water partition coefficient (Wildman–Crippen LogP) is 4.13. The van der Waals surface area contributed by atoms with E-state index in [-0.39, 0.29) is 0 Å². The first-order chi connectivity index (χ1) is 9.33. The molecule has 2 fully saturated rings. The Morgan fingerprint density at radius 2 is 2.11 bits per heavy atom. The van der Waals surface area contributed by atoms with Gasteiger partial charge in [0.2, 0.25) is 0 Å². The molecule has 1 N–H and O–H groups in total. The van der Waals surface area contributed by atoms with Gasteiger partial charge in [-0.1, -0.05) is 34.8 Å². The summed E-state index contributed by atoms with van der Waals surface area (Å²) in [6, 6.07) is 9.32. The van der Waals surface area contributed by atoms with Crippen LogP contribution in [0, 0.1) is 5.92 Å². The number of benzene rings is 1. The van der Waals surface area contributed by atoms with Crippen molar-refractivity contribution in [2.24, 2.45) is 5.92 Å². The molecule has 1 heterocycles. The maximum Gasteiger partial charge on any atom is 0.0351 e. The molecule has 1 aromatic rings. The molecule has 1 aliphatic heterocycles. The number of halogens is 1. The SMILES string of the molecule is Brc1cccc(NCCN2CCC3CCCCC32)c1. The maximum absolute atomic E-state index is 3.54. The average molecular weight is 323 g/mol.